The molecule has 2 aliphatic rings. The van der Waals surface area contributed by atoms with Gasteiger partial charge in [0.2, 0.25) is 0 Å². The molecule has 0 bridgehead atoms. The Morgan fingerprint density at radius 3 is 2.85 bits per heavy atom. The molecule has 3 aromatic rings. The second-order valence-electron chi connectivity index (χ2n) is 8.79. The lowest BCUT2D eigenvalue weighted by Crippen LogP contribution is -2.28. The van der Waals surface area contributed by atoms with Crippen LogP contribution in [0.25, 0.3) is 11.5 Å². The Kier molecular flexibility index (Phi) is 5.80. The summed E-state index contributed by atoms with van der Waals surface area (Å²) in [6.45, 7) is 7.21. The van der Waals surface area contributed by atoms with Crippen molar-refractivity contribution in [3.8, 4) is 11.5 Å². The van der Waals surface area contributed by atoms with Crippen molar-refractivity contribution in [2.45, 2.75) is 58.8 Å². The van der Waals surface area contributed by atoms with E-state index in [-0.39, 0.29) is 5.91 Å². The van der Waals surface area contributed by atoms with Gasteiger partial charge in [0.15, 0.2) is 5.82 Å². The van der Waals surface area contributed by atoms with Crippen molar-refractivity contribution in [1.82, 2.24) is 30.0 Å². The van der Waals surface area contributed by atoms with Gasteiger partial charge in [0.05, 0.1) is 17.8 Å². The Bertz CT molecular complexity index is 1170. The third-order valence-corrected chi connectivity index (χ3v) is 6.50. The largest absolute Gasteiger partial charge is 0.354 e. The summed E-state index contributed by atoms with van der Waals surface area (Å²) in [7, 11) is 1.91. The Balaban J connectivity index is 1.50. The minimum atomic E-state index is -0.0301. The number of fused-ring (bicyclic) bond motifs is 1. The highest BCUT2D eigenvalue weighted by Crippen LogP contribution is 2.34. The van der Waals surface area contributed by atoms with E-state index in [0.717, 1.165) is 55.0 Å². The highest BCUT2D eigenvalue weighted by atomic mass is 16.2. The van der Waals surface area contributed by atoms with Gasteiger partial charge in [-0.3, -0.25) is 9.69 Å². The van der Waals surface area contributed by atoms with Crippen LogP contribution in [0.4, 0.5) is 11.6 Å². The van der Waals surface area contributed by atoms with Gasteiger partial charge in [0.1, 0.15) is 23.7 Å². The van der Waals surface area contributed by atoms with Crippen LogP contribution in [0.2, 0.25) is 0 Å². The Labute approximate surface area is 193 Å². The summed E-state index contributed by atoms with van der Waals surface area (Å²) in [5, 5.41) is 11.5. The van der Waals surface area contributed by atoms with Crippen molar-refractivity contribution in [3.05, 3.63) is 47.4 Å². The van der Waals surface area contributed by atoms with Crippen LogP contribution in [0.15, 0.2) is 30.6 Å². The second kappa shape index (κ2) is 8.90. The molecule has 0 radical (unpaired) electrons. The fourth-order valence-electron chi connectivity index (χ4n) is 4.83. The van der Waals surface area contributed by atoms with Crippen molar-refractivity contribution < 1.29 is 4.79 Å². The van der Waals surface area contributed by atoms with Crippen LogP contribution in [-0.2, 0) is 19.6 Å². The number of amides is 1. The van der Waals surface area contributed by atoms with Gasteiger partial charge in [0, 0.05) is 31.2 Å². The summed E-state index contributed by atoms with van der Waals surface area (Å²) in [6, 6.07) is 8.12. The van der Waals surface area contributed by atoms with E-state index in [4.69, 9.17) is 9.97 Å². The van der Waals surface area contributed by atoms with E-state index in [0.29, 0.717) is 36.5 Å². The number of aromatic nitrogens is 5. The SMILES string of the molecule is CCCn1cnnc1-c1cccc(N2Cc3c(cc(N4CCCC4C)nc3CNC)C2=O)n1. The second-order valence-corrected chi connectivity index (χ2v) is 8.79. The first kappa shape index (κ1) is 21.5. The monoisotopic (exact) mass is 446 g/mol. The zero-order chi connectivity index (χ0) is 22.9. The molecular weight excluding hydrogens is 416 g/mol. The Morgan fingerprint density at radius 2 is 2.09 bits per heavy atom. The maximum Gasteiger partial charge on any atom is 0.260 e. The molecule has 0 spiro atoms. The van der Waals surface area contributed by atoms with E-state index in [1.807, 2.05) is 35.9 Å². The molecule has 2 aliphatic heterocycles. The standard InChI is InChI=1S/C24H30N8O/c1-4-10-30-15-26-29-23(30)19-8-5-9-21(27-19)32-14-18-17(24(32)33)12-22(28-20(18)13-25-3)31-11-6-7-16(31)2/h5,8-9,12,15-16,25H,4,6-7,10-11,13-14H2,1-3H3. The first-order valence-corrected chi connectivity index (χ1v) is 11.7. The summed E-state index contributed by atoms with van der Waals surface area (Å²) < 4.78 is 1.99. The minimum Gasteiger partial charge on any atom is -0.354 e. The third kappa shape index (κ3) is 3.86. The van der Waals surface area contributed by atoms with Gasteiger partial charge in [-0.1, -0.05) is 13.0 Å². The summed E-state index contributed by atoms with van der Waals surface area (Å²) in [5.41, 5.74) is 3.35. The third-order valence-electron chi connectivity index (χ3n) is 6.50. The van der Waals surface area contributed by atoms with Crippen LogP contribution in [0.5, 0.6) is 0 Å². The summed E-state index contributed by atoms with van der Waals surface area (Å²) >= 11 is 0. The molecule has 9 nitrogen and oxygen atoms in total. The van der Waals surface area contributed by atoms with Crippen LogP contribution in [0.3, 0.4) is 0 Å². The summed E-state index contributed by atoms with van der Waals surface area (Å²) in [4.78, 5) is 27.4. The van der Waals surface area contributed by atoms with E-state index in [1.165, 1.54) is 0 Å². The van der Waals surface area contributed by atoms with E-state index >= 15 is 0 Å². The molecule has 1 atom stereocenters. The van der Waals surface area contributed by atoms with Crippen LogP contribution in [-0.4, -0.2) is 50.3 Å². The molecule has 33 heavy (non-hydrogen) atoms. The Morgan fingerprint density at radius 1 is 1.21 bits per heavy atom. The lowest BCUT2D eigenvalue weighted by Gasteiger charge is -2.24. The maximum atomic E-state index is 13.6. The lowest BCUT2D eigenvalue weighted by atomic mass is 10.1. The normalized spacial score (nSPS) is 17.8. The number of carbonyl (C=O) groups excluding carboxylic acids is 1. The molecule has 3 aromatic heterocycles. The van der Waals surface area contributed by atoms with Gasteiger partial charge in [-0.25, -0.2) is 9.97 Å². The van der Waals surface area contributed by atoms with Crippen molar-refractivity contribution in [1.29, 1.82) is 0 Å². The van der Waals surface area contributed by atoms with Crippen molar-refractivity contribution in [2.24, 2.45) is 0 Å². The van der Waals surface area contributed by atoms with E-state index < -0.39 is 0 Å². The predicted molar refractivity (Wildman–Crippen MR) is 127 cm³/mol. The molecule has 1 N–H and O–H groups in total. The van der Waals surface area contributed by atoms with Crippen LogP contribution >= 0.6 is 0 Å². The predicted octanol–water partition coefficient (Wildman–Crippen LogP) is 3.01. The van der Waals surface area contributed by atoms with Gasteiger partial charge in [-0.15, -0.1) is 10.2 Å². The highest BCUT2D eigenvalue weighted by molar-refractivity contribution is 6.10. The number of nitrogens with zero attached hydrogens (tertiary/aromatic N) is 7. The number of nitrogens with one attached hydrogen (secondary N) is 1. The van der Waals surface area contributed by atoms with E-state index in [2.05, 4.69) is 34.3 Å². The zero-order valence-corrected chi connectivity index (χ0v) is 19.5. The number of anilines is 2. The summed E-state index contributed by atoms with van der Waals surface area (Å²) in [5.74, 6) is 2.20. The van der Waals surface area contributed by atoms with E-state index in [9.17, 15) is 4.79 Å². The van der Waals surface area contributed by atoms with Gasteiger partial charge in [-0.2, -0.15) is 0 Å². The molecule has 1 unspecified atom stereocenters. The fraction of sp³-hybridized carbons (Fsp3) is 0.458. The van der Waals surface area contributed by atoms with E-state index in [1.54, 1.807) is 11.2 Å². The smallest absolute Gasteiger partial charge is 0.260 e. The number of carbonyl (C=O) groups is 1. The quantitative estimate of drug-likeness (QED) is 0.596. The number of aryl methyl sites for hydroxylation is 1. The molecule has 9 heteroatoms. The average Bonchev–Trinajstić information content (AvgIpc) is 3.54. The van der Waals surface area contributed by atoms with Crippen LogP contribution < -0.4 is 15.1 Å². The molecule has 0 aliphatic carbocycles. The topological polar surface area (TPSA) is 92.1 Å². The first-order valence-electron chi connectivity index (χ1n) is 11.7. The lowest BCUT2D eigenvalue weighted by molar-refractivity contribution is 0.0996. The van der Waals surface area contributed by atoms with Gasteiger partial charge in [-0.05, 0) is 51.4 Å². The first-order chi connectivity index (χ1) is 16.1. The molecule has 5 rings (SSSR count). The van der Waals surface area contributed by atoms with Gasteiger partial charge in [0.25, 0.3) is 5.91 Å². The number of rotatable bonds is 7. The van der Waals surface area contributed by atoms with Crippen molar-refractivity contribution >= 4 is 17.5 Å². The molecule has 0 saturated carbocycles. The van der Waals surface area contributed by atoms with Gasteiger partial charge >= 0.3 is 0 Å². The molecule has 0 aromatic carbocycles. The highest BCUT2D eigenvalue weighted by Gasteiger charge is 2.34. The molecule has 1 saturated heterocycles. The number of pyridine rings is 2. The van der Waals surface area contributed by atoms with Crippen LogP contribution in [0, 0.1) is 0 Å². The Hall–Kier alpha value is -3.33. The van der Waals surface area contributed by atoms with Crippen LogP contribution in [0.1, 0.15) is 54.7 Å². The number of hydrogen-bond donors (Lipinski definition) is 1. The zero-order valence-electron chi connectivity index (χ0n) is 19.5. The maximum absolute atomic E-state index is 13.6. The van der Waals surface area contributed by atoms with Crippen molar-refractivity contribution in [3.63, 3.8) is 0 Å². The molecule has 172 valence electrons. The molecule has 1 amide bonds. The van der Waals surface area contributed by atoms with Crippen molar-refractivity contribution in [2.75, 3.05) is 23.4 Å². The minimum absolute atomic E-state index is 0.0301. The number of hydrogen-bond acceptors (Lipinski definition) is 7. The molecular formula is C24H30N8O. The molecule has 5 heterocycles. The average molecular weight is 447 g/mol. The summed E-state index contributed by atoms with van der Waals surface area (Å²) in [6.07, 6.45) is 5.00. The molecule has 1 fully saturated rings. The van der Waals surface area contributed by atoms with Gasteiger partial charge < -0.3 is 14.8 Å². The fourth-order valence-corrected chi connectivity index (χ4v) is 4.83.